The standard InChI is InChI=1S/C14H23NS/c1-10-6-7-11(2)12(8-10)16-13(9-15)14(3,4)5/h6-8,13H,9,15H2,1-5H3. The monoisotopic (exact) mass is 237 g/mol. The van der Waals surface area contributed by atoms with Gasteiger partial charge in [0.15, 0.2) is 0 Å². The lowest BCUT2D eigenvalue weighted by Gasteiger charge is -2.29. The molecule has 2 heteroatoms. The summed E-state index contributed by atoms with van der Waals surface area (Å²) in [4.78, 5) is 1.37. The number of hydrogen-bond acceptors (Lipinski definition) is 2. The lowest BCUT2D eigenvalue weighted by Crippen LogP contribution is -2.30. The molecule has 2 N–H and O–H groups in total. The quantitative estimate of drug-likeness (QED) is 0.810. The maximum atomic E-state index is 5.87. The van der Waals surface area contributed by atoms with Crippen LogP contribution < -0.4 is 5.73 Å². The van der Waals surface area contributed by atoms with Crippen molar-refractivity contribution in [3.8, 4) is 0 Å². The summed E-state index contributed by atoms with van der Waals surface area (Å²) < 4.78 is 0. The van der Waals surface area contributed by atoms with E-state index in [4.69, 9.17) is 5.73 Å². The number of benzene rings is 1. The molecular formula is C14H23NS. The maximum Gasteiger partial charge on any atom is 0.0266 e. The van der Waals surface area contributed by atoms with Crippen LogP contribution in [0.3, 0.4) is 0 Å². The number of thioether (sulfide) groups is 1. The first-order valence-electron chi connectivity index (χ1n) is 5.78. The SMILES string of the molecule is Cc1ccc(C)c(SC(CN)C(C)(C)C)c1. The average molecular weight is 237 g/mol. The molecule has 0 aromatic heterocycles. The van der Waals surface area contributed by atoms with Crippen LogP contribution in [0.1, 0.15) is 31.9 Å². The first kappa shape index (κ1) is 13.6. The van der Waals surface area contributed by atoms with Crippen LogP contribution in [0.5, 0.6) is 0 Å². The maximum absolute atomic E-state index is 5.87. The smallest absolute Gasteiger partial charge is 0.0266 e. The summed E-state index contributed by atoms with van der Waals surface area (Å²) in [5.41, 5.74) is 8.78. The van der Waals surface area contributed by atoms with Crippen molar-refractivity contribution in [2.45, 2.75) is 44.8 Å². The molecule has 0 fully saturated rings. The molecule has 1 atom stereocenters. The fourth-order valence-electron chi connectivity index (χ4n) is 1.57. The van der Waals surface area contributed by atoms with Crippen molar-refractivity contribution in [1.29, 1.82) is 0 Å². The number of hydrogen-bond donors (Lipinski definition) is 1. The van der Waals surface area contributed by atoms with Crippen LogP contribution in [-0.4, -0.2) is 11.8 Å². The summed E-state index contributed by atoms with van der Waals surface area (Å²) in [6.07, 6.45) is 0. The van der Waals surface area contributed by atoms with Crippen LogP contribution in [0, 0.1) is 19.3 Å². The molecule has 1 aromatic rings. The lowest BCUT2D eigenvalue weighted by atomic mass is 9.92. The highest BCUT2D eigenvalue weighted by molar-refractivity contribution is 8.00. The second-order valence-corrected chi connectivity index (χ2v) is 6.72. The second kappa shape index (κ2) is 5.24. The molecule has 1 aromatic carbocycles. The van der Waals surface area contributed by atoms with Gasteiger partial charge in [-0.05, 0) is 30.9 Å². The van der Waals surface area contributed by atoms with Crippen molar-refractivity contribution in [2.75, 3.05) is 6.54 Å². The number of nitrogens with two attached hydrogens (primary N) is 1. The molecule has 1 unspecified atom stereocenters. The van der Waals surface area contributed by atoms with Gasteiger partial charge in [-0.15, -0.1) is 11.8 Å². The molecule has 1 nitrogen and oxygen atoms in total. The van der Waals surface area contributed by atoms with Gasteiger partial charge in [0.05, 0.1) is 0 Å². The Labute approximate surface area is 104 Å². The molecular weight excluding hydrogens is 214 g/mol. The van der Waals surface area contributed by atoms with Crippen molar-refractivity contribution in [3.05, 3.63) is 29.3 Å². The van der Waals surface area contributed by atoms with E-state index in [1.165, 1.54) is 16.0 Å². The highest BCUT2D eigenvalue weighted by atomic mass is 32.2. The van der Waals surface area contributed by atoms with Crippen LogP contribution >= 0.6 is 11.8 Å². The third-order valence-electron chi connectivity index (χ3n) is 2.79. The summed E-state index contributed by atoms with van der Waals surface area (Å²) in [6, 6.07) is 6.61. The Kier molecular flexibility index (Phi) is 4.45. The molecule has 0 aliphatic carbocycles. The molecule has 0 radical (unpaired) electrons. The zero-order valence-electron chi connectivity index (χ0n) is 11.0. The molecule has 0 saturated heterocycles. The average Bonchev–Trinajstić information content (AvgIpc) is 2.17. The molecule has 0 spiro atoms. The van der Waals surface area contributed by atoms with E-state index in [0.29, 0.717) is 5.25 Å². The fraction of sp³-hybridized carbons (Fsp3) is 0.571. The topological polar surface area (TPSA) is 26.0 Å². The summed E-state index contributed by atoms with van der Waals surface area (Å²) >= 11 is 1.91. The van der Waals surface area contributed by atoms with E-state index in [-0.39, 0.29) is 5.41 Å². The van der Waals surface area contributed by atoms with Crippen LogP contribution in [0.25, 0.3) is 0 Å². The zero-order chi connectivity index (χ0) is 12.3. The van der Waals surface area contributed by atoms with E-state index in [2.05, 4.69) is 52.8 Å². The minimum Gasteiger partial charge on any atom is -0.329 e. The van der Waals surface area contributed by atoms with Gasteiger partial charge in [0.1, 0.15) is 0 Å². The molecule has 0 heterocycles. The van der Waals surface area contributed by atoms with E-state index in [9.17, 15) is 0 Å². The van der Waals surface area contributed by atoms with Crippen molar-refractivity contribution in [3.63, 3.8) is 0 Å². The van der Waals surface area contributed by atoms with Gasteiger partial charge < -0.3 is 5.73 Å². The number of aryl methyl sites for hydroxylation is 2. The zero-order valence-corrected chi connectivity index (χ0v) is 11.8. The summed E-state index contributed by atoms with van der Waals surface area (Å²) in [6.45, 7) is 11.8. The van der Waals surface area contributed by atoms with Crippen LogP contribution in [-0.2, 0) is 0 Å². The summed E-state index contributed by atoms with van der Waals surface area (Å²) in [5.74, 6) is 0. The molecule has 90 valence electrons. The third kappa shape index (κ3) is 3.53. The van der Waals surface area contributed by atoms with Crippen LogP contribution in [0.4, 0.5) is 0 Å². The van der Waals surface area contributed by atoms with E-state index in [1.807, 2.05) is 11.8 Å². The van der Waals surface area contributed by atoms with Gasteiger partial charge in [-0.2, -0.15) is 0 Å². The van der Waals surface area contributed by atoms with E-state index < -0.39 is 0 Å². The van der Waals surface area contributed by atoms with Crippen LogP contribution in [0.15, 0.2) is 23.1 Å². The molecule has 0 aliphatic heterocycles. The van der Waals surface area contributed by atoms with Gasteiger partial charge in [0, 0.05) is 16.7 Å². The lowest BCUT2D eigenvalue weighted by molar-refractivity contribution is 0.398. The molecule has 0 bridgehead atoms. The van der Waals surface area contributed by atoms with Crippen molar-refractivity contribution in [2.24, 2.45) is 11.1 Å². The van der Waals surface area contributed by atoms with Gasteiger partial charge in [-0.25, -0.2) is 0 Å². The molecule has 0 aliphatic rings. The molecule has 16 heavy (non-hydrogen) atoms. The first-order chi connectivity index (χ1) is 7.34. The van der Waals surface area contributed by atoms with Gasteiger partial charge >= 0.3 is 0 Å². The summed E-state index contributed by atoms with van der Waals surface area (Å²) in [5, 5.41) is 0.466. The Morgan fingerprint density at radius 3 is 2.38 bits per heavy atom. The molecule has 1 rings (SSSR count). The minimum absolute atomic E-state index is 0.246. The normalized spacial score (nSPS) is 13.9. The van der Waals surface area contributed by atoms with Crippen molar-refractivity contribution in [1.82, 2.24) is 0 Å². The van der Waals surface area contributed by atoms with Gasteiger partial charge in [-0.3, -0.25) is 0 Å². The Hall–Kier alpha value is -0.470. The number of rotatable bonds is 3. The minimum atomic E-state index is 0.246. The predicted molar refractivity (Wildman–Crippen MR) is 74.1 cm³/mol. The first-order valence-corrected chi connectivity index (χ1v) is 6.66. The predicted octanol–water partition coefficient (Wildman–Crippen LogP) is 3.77. The van der Waals surface area contributed by atoms with E-state index >= 15 is 0 Å². The summed E-state index contributed by atoms with van der Waals surface area (Å²) in [7, 11) is 0. The third-order valence-corrected chi connectivity index (χ3v) is 4.67. The fourth-order valence-corrected chi connectivity index (χ4v) is 2.83. The highest BCUT2D eigenvalue weighted by Crippen LogP contribution is 2.36. The second-order valence-electron chi connectivity index (χ2n) is 5.48. The highest BCUT2D eigenvalue weighted by Gasteiger charge is 2.24. The largest absolute Gasteiger partial charge is 0.329 e. The van der Waals surface area contributed by atoms with Gasteiger partial charge in [0.25, 0.3) is 0 Å². The Balaban J connectivity index is 2.90. The van der Waals surface area contributed by atoms with E-state index in [1.54, 1.807) is 0 Å². The Bertz CT molecular complexity index is 352. The Morgan fingerprint density at radius 1 is 1.25 bits per heavy atom. The Morgan fingerprint density at radius 2 is 1.88 bits per heavy atom. The van der Waals surface area contributed by atoms with E-state index in [0.717, 1.165) is 6.54 Å². The van der Waals surface area contributed by atoms with Gasteiger partial charge in [-0.1, -0.05) is 38.5 Å². The van der Waals surface area contributed by atoms with Gasteiger partial charge in [0.2, 0.25) is 0 Å². The molecule has 0 saturated carbocycles. The van der Waals surface area contributed by atoms with Crippen molar-refractivity contribution >= 4 is 11.8 Å². The van der Waals surface area contributed by atoms with Crippen molar-refractivity contribution < 1.29 is 0 Å². The molecule has 0 amide bonds. The van der Waals surface area contributed by atoms with Crippen LogP contribution in [0.2, 0.25) is 0 Å².